The molecule has 2 nitrogen and oxygen atoms in total. The third kappa shape index (κ3) is 3.02. The van der Waals surface area contributed by atoms with Gasteiger partial charge < -0.3 is 9.31 Å². The van der Waals surface area contributed by atoms with Gasteiger partial charge in [-0.05, 0) is 58.2 Å². The predicted molar refractivity (Wildman–Crippen MR) is 81.2 cm³/mol. The fraction of sp³-hybridized carbons (Fsp3) is 1.00. The van der Waals surface area contributed by atoms with Gasteiger partial charge in [-0.25, -0.2) is 0 Å². The summed E-state index contributed by atoms with van der Waals surface area (Å²) in [5, 5.41) is 0. The Morgan fingerprint density at radius 1 is 1.05 bits per heavy atom. The summed E-state index contributed by atoms with van der Waals surface area (Å²) in [6, 6.07) is 0. The molecule has 110 valence electrons. The standard InChI is InChI=1S/C16H31BO2/c1-13-9-7-10-16(13,6)11-8-12-17-18-14(2,3)15(4,5)19-17/h13H,7-12H2,1-6H3/t13-,16-/m0/s1. The SMILES string of the molecule is C[C@H]1CCC[C@@]1(C)CCCB1OC(C)(C)C(C)(C)O1. The Kier molecular flexibility index (Phi) is 4.10. The predicted octanol–water partition coefficient (Wildman–Crippen LogP) is 4.69. The molecule has 1 heterocycles. The highest BCUT2D eigenvalue weighted by Gasteiger charge is 2.50. The van der Waals surface area contributed by atoms with E-state index in [0.29, 0.717) is 5.41 Å². The molecule has 0 aromatic carbocycles. The summed E-state index contributed by atoms with van der Waals surface area (Å²) in [5.41, 5.74) is 0.202. The fourth-order valence-electron chi connectivity index (χ4n) is 3.53. The zero-order valence-corrected chi connectivity index (χ0v) is 13.7. The summed E-state index contributed by atoms with van der Waals surface area (Å²) in [6.07, 6.45) is 7.80. The molecular weight excluding hydrogens is 235 g/mol. The summed E-state index contributed by atoms with van der Waals surface area (Å²) in [4.78, 5) is 0. The summed E-state index contributed by atoms with van der Waals surface area (Å²) in [7, 11) is -0.00897. The van der Waals surface area contributed by atoms with Gasteiger partial charge in [-0.2, -0.15) is 0 Å². The van der Waals surface area contributed by atoms with Crippen LogP contribution in [0.25, 0.3) is 0 Å². The molecule has 2 fully saturated rings. The maximum Gasteiger partial charge on any atom is 0.457 e. The molecule has 0 amide bonds. The van der Waals surface area contributed by atoms with E-state index >= 15 is 0 Å². The van der Waals surface area contributed by atoms with Gasteiger partial charge in [0.1, 0.15) is 0 Å². The van der Waals surface area contributed by atoms with Crippen LogP contribution in [0.4, 0.5) is 0 Å². The minimum atomic E-state index is -0.178. The lowest BCUT2D eigenvalue weighted by Crippen LogP contribution is -2.41. The van der Waals surface area contributed by atoms with E-state index in [1.807, 2.05) is 0 Å². The Hall–Kier alpha value is -0.0151. The molecule has 0 spiro atoms. The van der Waals surface area contributed by atoms with Crippen molar-refractivity contribution in [3.05, 3.63) is 0 Å². The molecule has 2 rings (SSSR count). The van der Waals surface area contributed by atoms with E-state index in [0.717, 1.165) is 12.2 Å². The van der Waals surface area contributed by atoms with Gasteiger partial charge in [-0.3, -0.25) is 0 Å². The summed E-state index contributed by atoms with van der Waals surface area (Å²) in [5.74, 6) is 0.880. The van der Waals surface area contributed by atoms with Gasteiger partial charge in [-0.1, -0.05) is 33.1 Å². The first kappa shape index (κ1) is 15.4. The molecule has 0 aromatic rings. The second-order valence-corrected chi connectivity index (χ2v) is 8.03. The highest BCUT2D eigenvalue weighted by Crippen LogP contribution is 2.47. The van der Waals surface area contributed by atoms with Gasteiger partial charge in [0.25, 0.3) is 0 Å². The molecule has 1 saturated heterocycles. The summed E-state index contributed by atoms with van der Waals surface area (Å²) in [6.45, 7) is 13.4. The normalized spacial score (nSPS) is 36.9. The molecule has 2 aliphatic rings. The quantitative estimate of drug-likeness (QED) is 0.687. The van der Waals surface area contributed by atoms with Crippen molar-refractivity contribution in [2.45, 2.75) is 91.2 Å². The molecule has 0 bridgehead atoms. The van der Waals surface area contributed by atoms with Crippen LogP contribution in [0.15, 0.2) is 0 Å². The van der Waals surface area contributed by atoms with Crippen molar-refractivity contribution in [1.29, 1.82) is 0 Å². The molecule has 1 aliphatic carbocycles. The largest absolute Gasteiger partial charge is 0.457 e. The van der Waals surface area contributed by atoms with Crippen LogP contribution < -0.4 is 0 Å². The van der Waals surface area contributed by atoms with Crippen molar-refractivity contribution < 1.29 is 9.31 Å². The second-order valence-electron chi connectivity index (χ2n) is 8.03. The molecule has 1 aliphatic heterocycles. The van der Waals surface area contributed by atoms with Crippen LogP contribution in [0, 0.1) is 11.3 Å². The molecule has 0 N–H and O–H groups in total. The van der Waals surface area contributed by atoms with Gasteiger partial charge >= 0.3 is 7.12 Å². The van der Waals surface area contributed by atoms with Crippen LogP contribution >= 0.6 is 0 Å². The van der Waals surface area contributed by atoms with Gasteiger partial charge in [0.2, 0.25) is 0 Å². The zero-order valence-electron chi connectivity index (χ0n) is 13.7. The van der Waals surface area contributed by atoms with Crippen molar-refractivity contribution >= 4 is 7.12 Å². The van der Waals surface area contributed by atoms with Crippen LogP contribution in [0.3, 0.4) is 0 Å². The van der Waals surface area contributed by atoms with Crippen LogP contribution in [-0.4, -0.2) is 18.3 Å². The van der Waals surface area contributed by atoms with Crippen molar-refractivity contribution in [3.8, 4) is 0 Å². The smallest absolute Gasteiger partial charge is 0.403 e. The first-order chi connectivity index (χ1) is 8.66. The van der Waals surface area contributed by atoms with E-state index in [2.05, 4.69) is 41.5 Å². The molecule has 0 aromatic heterocycles. The van der Waals surface area contributed by atoms with E-state index in [9.17, 15) is 0 Å². The van der Waals surface area contributed by atoms with Gasteiger partial charge in [0.05, 0.1) is 11.2 Å². The topological polar surface area (TPSA) is 18.5 Å². The highest BCUT2D eigenvalue weighted by molar-refractivity contribution is 6.45. The lowest BCUT2D eigenvalue weighted by molar-refractivity contribution is 0.00578. The molecule has 0 radical (unpaired) electrons. The van der Waals surface area contributed by atoms with Crippen LogP contribution in [-0.2, 0) is 9.31 Å². The number of hydrogen-bond acceptors (Lipinski definition) is 2. The lowest BCUT2D eigenvalue weighted by atomic mass is 9.73. The average molecular weight is 266 g/mol. The Balaban J connectivity index is 1.79. The molecular formula is C16H31BO2. The maximum atomic E-state index is 6.07. The number of rotatable bonds is 4. The summed E-state index contributed by atoms with van der Waals surface area (Å²) < 4.78 is 12.1. The third-order valence-electron chi connectivity index (χ3n) is 6.06. The Labute approximate surface area is 119 Å². The van der Waals surface area contributed by atoms with Crippen molar-refractivity contribution in [2.24, 2.45) is 11.3 Å². The van der Waals surface area contributed by atoms with E-state index in [1.165, 1.54) is 32.1 Å². The zero-order chi connectivity index (χ0) is 14.3. The molecule has 0 unspecified atom stereocenters. The minimum Gasteiger partial charge on any atom is -0.403 e. The Morgan fingerprint density at radius 3 is 2.11 bits per heavy atom. The first-order valence-electron chi connectivity index (χ1n) is 8.02. The van der Waals surface area contributed by atoms with Gasteiger partial charge in [0.15, 0.2) is 0 Å². The van der Waals surface area contributed by atoms with E-state index in [4.69, 9.17) is 9.31 Å². The van der Waals surface area contributed by atoms with E-state index < -0.39 is 0 Å². The third-order valence-corrected chi connectivity index (χ3v) is 6.06. The van der Waals surface area contributed by atoms with Crippen molar-refractivity contribution in [2.75, 3.05) is 0 Å². The minimum absolute atomic E-state index is 0.00897. The van der Waals surface area contributed by atoms with E-state index in [-0.39, 0.29) is 18.3 Å². The molecule has 19 heavy (non-hydrogen) atoms. The molecule has 3 heteroatoms. The van der Waals surface area contributed by atoms with Gasteiger partial charge in [-0.15, -0.1) is 0 Å². The lowest BCUT2D eigenvalue weighted by Gasteiger charge is -2.32. The highest BCUT2D eigenvalue weighted by atomic mass is 16.7. The first-order valence-corrected chi connectivity index (χ1v) is 8.02. The van der Waals surface area contributed by atoms with Crippen molar-refractivity contribution in [3.63, 3.8) is 0 Å². The fourth-order valence-corrected chi connectivity index (χ4v) is 3.53. The van der Waals surface area contributed by atoms with Gasteiger partial charge in [0, 0.05) is 0 Å². The van der Waals surface area contributed by atoms with Crippen LogP contribution in [0.5, 0.6) is 0 Å². The van der Waals surface area contributed by atoms with Crippen LogP contribution in [0.1, 0.15) is 73.6 Å². The maximum absolute atomic E-state index is 6.07. The van der Waals surface area contributed by atoms with Crippen molar-refractivity contribution in [1.82, 2.24) is 0 Å². The average Bonchev–Trinajstić information content (AvgIpc) is 2.67. The Morgan fingerprint density at radius 2 is 1.63 bits per heavy atom. The Bertz CT molecular complexity index is 311. The van der Waals surface area contributed by atoms with Crippen LogP contribution in [0.2, 0.25) is 6.32 Å². The number of hydrogen-bond donors (Lipinski definition) is 0. The monoisotopic (exact) mass is 266 g/mol. The second kappa shape index (κ2) is 5.07. The molecule has 1 saturated carbocycles. The molecule has 2 atom stereocenters. The van der Waals surface area contributed by atoms with E-state index in [1.54, 1.807) is 0 Å². The summed E-state index contributed by atoms with van der Waals surface area (Å²) >= 11 is 0.